The van der Waals surface area contributed by atoms with Crippen molar-refractivity contribution >= 4 is 29.8 Å². The third kappa shape index (κ3) is 7.24. The summed E-state index contributed by atoms with van der Waals surface area (Å²) in [6, 6.07) is 0. The van der Waals surface area contributed by atoms with E-state index in [0.29, 0.717) is 0 Å². The van der Waals surface area contributed by atoms with Gasteiger partial charge in [0.2, 0.25) is 0 Å². The number of hydrogen-bond acceptors (Lipinski definition) is 10. The van der Waals surface area contributed by atoms with Crippen LogP contribution in [0.2, 0.25) is 0 Å². The molecular formula is C17H24O10. The van der Waals surface area contributed by atoms with Crippen molar-refractivity contribution in [2.45, 2.75) is 65.5 Å². The highest BCUT2D eigenvalue weighted by Crippen LogP contribution is 2.34. The van der Waals surface area contributed by atoms with Gasteiger partial charge in [-0.2, -0.15) is 0 Å². The first kappa shape index (κ1) is 22.4. The molecule has 0 saturated heterocycles. The van der Waals surface area contributed by atoms with Crippen molar-refractivity contribution < 1.29 is 47.7 Å². The summed E-state index contributed by atoms with van der Waals surface area (Å²) in [6.45, 7) is 5.64. The monoisotopic (exact) mass is 388 g/mol. The maximum atomic E-state index is 11.6. The summed E-state index contributed by atoms with van der Waals surface area (Å²) in [5.41, 5.74) is 0. The van der Waals surface area contributed by atoms with Crippen molar-refractivity contribution in [1.82, 2.24) is 0 Å². The number of carbonyl (C=O) groups excluding carboxylic acids is 5. The quantitative estimate of drug-likeness (QED) is 0.462. The zero-order valence-corrected chi connectivity index (χ0v) is 15.9. The second-order valence-corrected chi connectivity index (χ2v) is 6.17. The molecule has 1 aliphatic rings. The van der Waals surface area contributed by atoms with Crippen LogP contribution >= 0.6 is 0 Å². The minimum absolute atomic E-state index is 0.0561. The summed E-state index contributed by atoms with van der Waals surface area (Å²) in [6.07, 6.45) is -4.42. The third-order valence-electron chi connectivity index (χ3n) is 3.74. The highest BCUT2D eigenvalue weighted by molar-refractivity contribution is 5.69. The summed E-state index contributed by atoms with van der Waals surface area (Å²) in [5.74, 6) is -3.95. The van der Waals surface area contributed by atoms with Crippen LogP contribution in [0.1, 0.15) is 41.0 Å². The van der Waals surface area contributed by atoms with Crippen LogP contribution < -0.4 is 0 Å². The van der Waals surface area contributed by atoms with Crippen molar-refractivity contribution in [3.8, 4) is 0 Å². The van der Waals surface area contributed by atoms with Crippen LogP contribution in [-0.2, 0) is 47.7 Å². The summed E-state index contributed by atoms with van der Waals surface area (Å²) < 4.78 is 25.9. The minimum atomic E-state index is -1.24. The molecule has 1 fully saturated rings. The van der Waals surface area contributed by atoms with Crippen LogP contribution in [0.15, 0.2) is 0 Å². The van der Waals surface area contributed by atoms with Gasteiger partial charge in [-0.3, -0.25) is 24.0 Å². The SMILES string of the molecule is CC(=O)OC[C@@H]1C[C@@H](OC(C)=O)[C@H](OC(C)=O)[C@@H](OC(C)=O)[C@H]1OC(C)=O. The average molecular weight is 388 g/mol. The number of esters is 5. The van der Waals surface area contributed by atoms with Crippen molar-refractivity contribution in [1.29, 1.82) is 0 Å². The van der Waals surface area contributed by atoms with Crippen LogP contribution in [0, 0.1) is 5.92 Å². The molecule has 0 aromatic rings. The number of carbonyl (C=O) groups is 5. The van der Waals surface area contributed by atoms with Crippen molar-refractivity contribution in [2.75, 3.05) is 6.61 Å². The Labute approximate surface area is 156 Å². The number of ether oxygens (including phenoxy) is 5. The Balaban J connectivity index is 3.29. The van der Waals surface area contributed by atoms with Gasteiger partial charge in [-0.25, -0.2) is 0 Å². The molecule has 0 N–H and O–H groups in total. The van der Waals surface area contributed by atoms with Crippen LogP contribution in [0.3, 0.4) is 0 Å². The van der Waals surface area contributed by atoms with Gasteiger partial charge in [0.05, 0.1) is 6.61 Å². The molecule has 1 saturated carbocycles. The van der Waals surface area contributed by atoms with Gasteiger partial charge >= 0.3 is 29.8 Å². The molecule has 10 heteroatoms. The first-order chi connectivity index (χ1) is 12.5. The van der Waals surface area contributed by atoms with E-state index in [1.165, 1.54) is 13.8 Å². The maximum Gasteiger partial charge on any atom is 0.303 e. The van der Waals surface area contributed by atoms with Gasteiger partial charge in [0, 0.05) is 40.5 Å². The summed E-state index contributed by atoms with van der Waals surface area (Å²) in [7, 11) is 0. The molecule has 0 bridgehead atoms. The molecule has 1 rings (SSSR count). The molecule has 0 aromatic carbocycles. The average Bonchev–Trinajstić information content (AvgIpc) is 2.49. The lowest BCUT2D eigenvalue weighted by molar-refractivity contribution is -0.221. The fourth-order valence-corrected chi connectivity index (χ4v) is 2.96. The van der Waals surface area contributed by atoms with E-state index in [4.69, 9.17) is 23.7 Å². The second kappa shape index (κ2) is 9.89. The van der Waals surface area contributed by atoms with Gasteiger partial charge in [0.15, 0.2) is 12.2 Å². The lowest BCUT2D eigenvalue weighted by Gasteiger charge is -2.43. The molecule has 0 heterocycles. The van der Waals surface area contributed by atoms with E-state index in [1.54, 1.807) is 0 Å². The van der Waals surface area contributed by atoms with E-state index in [9.17, 15) is 24.0 Å². The first-order valence-corrected chi connectivity index (χ1v) is 8.33. The van der Waals surface area contributed by atoms with E-state index in [1.807, 2.05) is 0 Å². The number of rotatable bonds is 6. The minimum Gasteiger partial charge on any atom is -0.465 e. The molecule has 0 radical (unpaired) electrons. The predicted octanol–water partition coefficient (Wildman–Crippen LogP) is 0.296. The van der Waals surface area contributed by atoms with Crippen LogP contribution in [-0.4, -0.2) is 60.9 Å². The van der Waals surface area contributed by atoms with Crippen molar-refractivity contribution in [2.24, 2.45) is 5.92 Å². The fourth-order valence-electron chi connectivity index (χ4n) is 2.96. The highest BCUT2D eigenvalue weighted by atomic mass is 16.6. The summed E-state index contributed by atoms with van der Waals surface area (Å²) in [5, 5.41) is 0. The first-order valence-electron chi connectivity index (χ1n) is 8.33. The third-order valence-corrected chi connectivity index (χ3v) is 3.74. The van der Waals surface area contributed by atoms with E-state index in [0.717, 1.165) is 20.8 Å². The Hall–Kier alpha value is -2.65. The fraction of sp³-hybridized carbons (Fsp3) is 0.706. The van der Waals surface area contributed by atoms with Gasteiger partial charge in [0.25, 0.3) is 0 Å². The molecule has 0 spiro atoms. The highest BCUT2D eigenvalue weighted by Gasteiger charge is 2.52. The molecule has 0 unspecified atom stereocenters. The maximum absolute atomic E-state index is 11.6. The molecule has 0 aromatic heterocycles. The smallest absolute Gasteiger partial charge is 0.303 e. The van der Waals surface area contributed by atoms with Gasteiger partial charge in [-0.1, -0.05) is 0 Å². The topological polar surface area (TPSA) is 132 Å². The predicted molar refractivity (Wildman–Crippen MR) is 87.0 cm³/mol. The van der Waals surface area contributed by atoms with Crippen LogP contribution in [0.5, 0.6) is 0 Å². The van der Waals surface area contributed by atoms with Gasteiger partial charge in [0.1, 0.15) is 12.2 Å². The van der Waals surface area contributed by atoms with Crippen LogP contribution in [0.4, 0.5) is 0 Å². The Morgan fingerprint density at radius 2 is 1.07 bits per heavy atom. The molecule has 27 heavy (non-hydrogen) atoms. The van der Waals surface area contributed by atoms with Crippen LogP contribution in [0.25, 0.3) is 0 Å². The van der Waals surface area contributed by atoms with E-state index in [2.05, 4.69) is 0 Å². The largest absolute Gasteiger partial charge is 0.465 e. The Bertz CT molecular complexity index is 599. The zero-order valence-electron chi connectivity index (χ0n) is 15.9. The molecular weight excluding hydrogens is 364 g/mol. The van der Waals surface area contributed by atoms with E-state index >= 15 is 0 Å². The normalized spacial score (nSPS) is 27.1. The zero-order chi connectivity index (χ0) is 20.7. The van der Waals surface area contributed by atoms with E-state index in [-0.39, 0.29) is 13.0 Å². The van der Waals surface area contributed by atoms with Gasteiger partial charge in [-0.15, -0.1) is 0 Å². The number of hydrogen-bond donors (Lipinski definition) is 0. The Kier molecular flexibility index (Phi) is 8.20. The lowest BCUT2D eigenvalue weighted by Crippen LogP contribution is -2.59. The molecule has 10 nitrogen and oxygen atoms in total. The van der Waals surface area contributed by atoms with Crippen molar-refractivity contribution in [3.05, 3.63) is 0 Å². The van der Waals surface area contributed by atoms with E-state index < -0.39 is 60.2 Å². The van der Waals surface area contributed by atoms with Gasteiger partial charge < -0.3 is 23.7 Å². The molecule has 152 valence electrons. The standard InChI is InChI=1S/C17H24O10/c1-8(18)23-7-13-6-14(24-9(2)19)16(26-11(4)21)17(27-12(5)22)15(13)25-10(3)20/h13-17H,6-7H2,1-5H3/t13-,14+,15-,16-,17-/m0/s1. The summed E-state index contributed by atoms with van der Waals surface area (Å²) in [4.78, 5) is 57.3. The van der Waals surface area contributed by atoms with Crippen molar-refractivity contribution in [3.63, 3.8) is 0 Å². The second-order valence-electron chi connectivity index (χ2n) is 6.17. The Morgan fingerprint density at radius 1 is 0.630 bits per heavy atom. The molecule has 0 aliphatic heterocycles. The lowest BCUT2D eigenvalue weighted by atomic mass is 9.80. The molecule has 5 atom stereocenters. The summed E-state index contributed by atoms with van der Waals surface area (Å²) >= 11 is 0. The molecule has 1 aliphatic carbocycles. The molecule has 0 amide bonds. The van der Waals surface area contributed by atoms with Gasteiger partial charge in [-0.05, 0) is 6.42 Å². The Morgan fingerprint density at radius 3 is 1.52 bits per heavy atom.